The van der Waals surface area contributed by atoms with Crippen LogP contribution in [0.4, 0.5) is 11.4 Å². The van der Waals surface area contributed by atoms with Crippen LogP contribution in [0.15, 0.2) is 66.9 Å². The quantitative estimate of drug-likeness (QED) is 0.658. The molecule has 0 aliphatic rings. The van der Waals surface area contributed by atoms with Crippen molar-refractivity contribution in [3.63, 3.8) is 0 Å². The molecule has 27 heavy (non-hydrogen) atoms. The Morgan fingerprint density at radius 1 is 1.04 bits per heavy atom. The molecule has 0 fully saturated rings. The summed E-state index contributed by atoms with van der Waals surface area (Å²) in [6.07, 6.45) is 2.54. The predicted octanol–water partition coefficient (Wildman–Crippen LogP) is 4.31. The molecule has 0 bridgehead atoms. The van der Waals surface area contributed by atoms with Crippen LogP contribution >= 0.6 is 0 Å². The number of aryl methyl sites for hydroxylation is 1. The molecule has 0 unspecified atom stereocenters. The van der Waals surface area contributed by atoms with Gasteiger partial charge in [-0.25, -0.2) is 4.98 Å². The molecule has 0 aliphatic heterocycles. The van der Waals surface area contributed by atoms with Crippen LogP contribution in [-0.4, -0.2) is 24.5 Å². The van der Waals surface area contributed by atoms with E-state index < -0.39 is 0 Å². The van der Waals surface area contributed by atoms with Crippen LogP contribution in [0.5, 0.6) is 5.75 Å². The number of benzene rings is 2. The minimum absolute atomic E-state index is 0.221. The van der Waals surface area contributed by atoms with Gasteiger partial charge in [0.05, 0.1) is 19.0 Å². The van der Waals surface area contributed by atoms with Crippen molar-refractivity contribution in [2.24, 2.45) is 0 Å². The second kappa shape index (κ2) is 8.85. The van der Waals surface area contributed by atoms with Gasteiger partial charge in [0.1, 0.15) is 11.4 Å². The number of anilines is 2. The fourth-order valence-electron chi connectivity index (χ4n) is 2.64. The van der Waals surface area contributed by atoms with Crippen LogP contribution in [0.1, 0.15) is 21.6 Å². The van der Waals surface area contributed by atoms with Gasteiger partial charge in [-0.3, -0.25) is 4.79 Å². The Hall–Kier alpha value is -3.34. The number of carbonyl (C=O) groups excluding carboxylic acids is 1. The molecule has 1 aromatic heterocycles. The predicted molar refractivity (Wildman–Crippen MR) is 109 cm³/mol. The average molecular weight is 361 g/mol. The van der Waals surface area contributed by atoms with Gasteiger partial charge in [0.15, 0.2) is 0 Å². The summed E-state index contributed by atoms with van der Waals surface area (Å²) in [5.74, 6) is 0.639. The van der Waals surface area contributed by atoms with E-state index in [1.165, 1.54) is 5.56 Å². The van der Waals surface area contributed by atoms with E-state index in [2.05, 4.69) is 21.7 Å². The molecule has 0 radical (unpaired) electrons. The third-order valence-corrected chi connectivity index (χ3v) is 4.18. The summed E-state index contributed by atoms with van der Waals surface area (Å²) in [5, 5.41) is 6.16. The van der Waals surface area contributed by atoms with Gasteiger partial charge in [0.25, 0.3) is 5.91 Å². The number of rotatable bonds is 7. The standard InChI is InChI=1S/C22H23N3O2/c1-16-6-8-18(9-7-16)25-22(26)21-11-10-19(15-24-21)23-13-12-17-4-3-5-20(14-17)27-2/h3-11,14-15,23H,12-13H2,1-2H3,(H,25,26). The minimum atomic E-state index is -0.221. The van der Waals surface area contributed by atoms with Crippen LogP contribution in [-0.2, 0) is 6.42 Å². The molecule has 3 aromatic rings. The molecule has 5 heteroatoms. The zero-order chi connectivity index (χ0) is 19.1. The summed E-state index contributed by atoms with van der Waals surface area (Å²) in [4.78, 5) is 16.5. The summed E-state index contributed by atoms with van der Waals surface area (Å²) >= 11 is 0. The van der Waals surface area contributed by atoms with Crippen molar-refractivity contribution < 1.29 is 9.53 Å². The first-order valence-corrected chi connectivity index (χ1v) is 8.85. The molecule has 0 atom stereocenters. The van der Waals surface area contributed by atoms with Crippen molar-refractivity contribution in [1.29, 1.82) is 0 Å². The van der Waals surface area contributed by atoms with E-state index in [4.69, 9.17) is 4.74 Å². The number of hydrogen-bond acceptors (Lipinski definition) is 4. The maximum atomic E-state index is 12.3. The Morgan fingerprint density at radius 3 is 2.52 bits per heavy atom. The molecular formula is C22H23N3O2. The smallest absolute Gasteiger partial charge is 0.274 e. The van der Waals surface area contributed by atoms with Crippen molar-refractivity contribution in [3.8, 4) is 5.75 Å². The van der Waals surface area contributed by atoms with E-state index in [-0.39, 0.29) is 5.91 Å². The number of pyridine rings is 1. The lowest BCUT2D eigenvalue weighted by Gasteiger charge is -2.09. The highest BCUT2D eigenvalue weighted by Gasteiger charge is 2.07. The first-order valence-electron chi connectivity index (χ1n) is 8.85. The first-order chi connectivity index (χ1) is 13.1. The van der Waals surface area contributed by atoms with Crippen LogP contribution in [0, 0.1) is 6.92 Å². The SMILES string of the molecule is COc1cccc(CCNc2ccc(C(=O)Nc3ccc(C)cc3)nc2)c1. The Balaban J connectivity index is 1.52. The van der Waals surface area contributed by atoms with Crippen LogP contribution in [0.3, 0.4) is 0 Å². The fraction of sp³-hybridized carbons (Fsp3) is 0.182. The highest BCUT2D eigenvalue weighted by molar-refractivity contribution is 6.02. The van der Waals surface area contributed by atoms with Crippen molar-refractivity contribution >= 4 is 17.3 Å². The highest BCUT2D eigenvalue weighted by atomic mass is 16.5. The molecule has 5 nitrogen and oxygen atoms in total. The average Bonchev–Trinajstić information content (AvgIpc) is 2.70. The molecule has 3 rings (SSSR count). The molecule has 0 saturated heterocycles. The summed E-state index contributed by atoms with van der Waals surface area (Å²) in [5.41, 5.74) is 4.37. The summed E-state index contributed by atoms with van der Waals surface area (Å²) in [6.45, 7) is 2.77. The Bertz CT molecular complexity index is 890. The second-order valence-electron chi connectivity index (χ2n) is 6.28. The lowest BCUT2D eigenvalue weighted by molar-refractivity contribution is 0.102. The van der Waals surface area contributed by atoms with E-state index in [1.807, 2.05) is 55.5 Å². The van der Waals surface area contributed by atoms with E-state index in [0.29, 0.717) is 5.69 Å². The van der Waals surface area contributed by atoms with Gasteiger partial charge < -0.3 is 15.4 Å². The van der Waals surface area contributed by atoms with E-state index in [0.717, 1.165) is 35.7 Å². The van der Waals surface area contributed by atoms with Gasteiger partial charge in [-0.1, -0.05) is 29.8 Å². The molecule has 1 amide bonds. The highest BCUT2D eigenvalue weighted by Crippen LogP contribution is 2.14. The Labute approximate surface area is 159 Å². The molecule has 0 aliphatic carbocycles. The van der Waals surface area contributed by atoms with E-state index in [9.17, 15) is 4.79 Å². The van der Waals surface area contributed by atoms with Gasteiger partial charge in [0.2, 0.25) is 0 Å². The number of ether oxygens (including phenoxy) is 1. The summed E-state index contributed by atoms with van der Waals surface area (Å²) in [6, 6.07) is 19.3. The van der Waals surface area contributed by atoms with Crippen LogP contribution in [0.2, 0.25) is 0 Å². The number of aromatic nitrogens is 1. The monoisotopic (exact) mass is 361 g/mol. The number of hydrogen-bond donors (Lipinski definition) is 2. The molecule has 2 N–H and O–H groups in total. The van der Waals surface area contributed by atoms with Crippen LogP contribution < -0.4 is 15.4 Å². The van der Waals surface area contributed by atoms with E-state index in [1.54, 1.807) is 19.4 Å². The zero-order valence-corrected chi connectivity index (χ0v) is 15.5. The fourth-order valence-corrected chi connectivity index (χ4v) is 2.64. The maximum absolute atomic E-state index is 12.3. The van der Waals surface area contributed by atoms with E-state index >= 15 is 0 Å². The first kappa shape index (κ1) is 18.5. The number of carbonyl (C=O) groups is 1. The van der Waals surface area contributed by atoms with Crippen molar-refractivity contribution in [2.75, 3.05) is 24.3 Å². The number of methoxy groups -OCH3 is 1. The topological polar surface area (TPSA) is 63.2 Å². The molecular weight excluding hydrogens is 338 g/mol. The molecule has 0 saturated carbocycles. The summed E-state index contributed by atoms with van der Waals surface area (Å²) in [7, 11) is 1.67. The lowest BCUT2D eigenvalue weighted by Crippen LogP contribution is -2.14. The maximum Gasteiger partial charge on any atom is 0.274 e. The Morgan fingerprint density at radius 2 is 1.81 bits per heavy atom. The third kappa shape index (κ3) is 5.31. The number of nitrogens with one attached hydrogen (secondary N) is 2. The Kier molecular flexibility index (Phi) is 6.05. The van der Waals surface area contributed by atoms with Gasteiger partial charge in [-0.2, -0.15) is 0 Å². The number of nitrogens with zero attached hydrogens (tertiary/aromatic N) is 1. The van der Waals surface area contributed by atoms with Crippen molar-refractivity contribution in [1.82, 2.24) is 4.98 Å². The van der Waals surface area contributed by atoms with Crippen LogP contribution in [0.25, 0.3) is 0 Å². The zero-order valence-electron chi connectivity index (χ0n) is 15.5. The molecule has 138 valence electrons. The number of amides is 1. The normalized spacial score (nSPS) is 10.3. The lowest BCUT2D eigenvalue weighted by atomic mass is 10.1. The molecule has 2 aromatic carbocycles. The summed E-state index contributed by atoms with van der Waals surface area (Å²) < 4.78 is 5.24. The van der Waals surface area contributed by atoms with Gasteiger partial charge in [-0.15, -0.1) is 0 Å². The second-order valence-corrected chi connectivity index (χ2v) is 6.28. The molecule has 0 spiro atoms. The molecule has 1 heterocycles. The van der Waals surface area contributed by atoms with Gasteiger partial charge >= 0.3 is 0 Å². The largest absolute Gasteiger partial charge is 0.497 e. The minimum Gasteiger partial charge on any atom is -0.497 e. The van der Waals surface area contributed by atoms with Crippen molar-refractivity contribution in [3.05, 3.63) is 83.7 Å². The van der Waals surface area contributed by atoms with Gasteiger partial charge in [-0.05, 0) is 55.3 Å². The van der Waals surface area contributed by atoms with Crippen molar-refractivity contribution in [2.45, 2.75) is 13.3 Å². The third-order valence-electron chi connectivity index (χ3n) is 4.18. The van der Waals surface area contributed by atoms with Gasteiger partial charge in [0, 0.05) is 12.2 Å².